The van der Waals surface area contributed by atoms with Gasteiger partial charge >= 0.3 is 0 Å². The van der Waals surface area contributed by atoms with Crippen LogP contribution in [-0.4, -0.2) is 41.6 Å². The van der Waals surface area contributed by atoms with Crippen LogP contribution in [0.5, 0.6) is 0 Å². The summed E-state index contributed by atoms with van der Waals surface area (Å²) in [5, 5.41) is 16.9. The minimum absolute atomic E-state index is 0.0885. The van der Waals surface area contributed by atoms with Gasteiger partial charge in [-0.1, -0.05) is 22.9 Å². The summed E-state index contributed by atoms with van der Waals surface area (Å²) in [6.07, 6.45) is 0.588. The SMILES string of the molecule is Cc1ccc(S(=O)(=O)N[C@@H]2CN[C@@H](c3nn[nH]n3)C2)cc1. The Kier molecular flexibility index (Phi) is 3.70. The third kappa shape index (κ3) is 3.09. The minimum Gasteiger partial charge on any atom is -0.306 e. The Hall–Kier alpha value is -1.84. The molecule has 0 unspecified atom stereocenters. The molecule has 0 saturated carbocycles. The van der Waals surface area contributed by atoms with Crippen LogP contribution in [0.15, 0.2) is 29.2 Å². The van der Waals surface area contributed by atoms with Gasteiger partial charge in [0.15, 0.2) is 5.82 Å². The van der Waals surface area contributed by atoms with Crippen LogP contribution in [0.4, 0.5) is 0 Å². The molecule has 0 spiro atoms. The highest BCUT2D eigenvalue weighted by Gasteiger charge is 2.31. The Balaban J connectivity index is 1.68. The van der Waals surface area contributed by atoms with E-state index in [1.165, 1.54) is 0 Å². The van der Waals surface area contributed by atoms with Gasteiger partial charge in [-0.3, -0.25) is 0 Å². The zero-order chi connectivity index (χ0) is 14.9. The molecule has 1 aromatic carbocycles. The molecule has 2 atom stereocenters. The molecule has 1 fully saturated rings. The van der Waals surface area contributed by atoms with Gasteiger partial charge in [-0.05, 0) is 25.5 Å². The lowest BCUT2D eigenvalue weighted by Crippen LogP contribution is -2.36. The van der Waals surface area contributed by atoms with Gasteiger partial charge in [0, 0.05) is 12.6 Å². The van der Waals surface area contributed by atoms with Crippen molar-refractivity contribution in [3.05, 3.63) is 35.7 Å². The van der Waals surface area contributed by atoms with Gasteiger partial charge in [0.05, 0.1) is 10.9 Å². The molecule has 1 saturated heterocycles. The number of benzene rings is 1. The molecule has 9 heteroatoms. The summed E-state index contributed by atoms with van der Waals surface area (Å²) in [4.78, 5) is 0.274. The first-order valence-corrected chi connectivity index (χ1v) is 8.08. The first-order chi connectivity index (χ1) is 10.0. The van der Waals surface area contributed by atoms with Gasteiger partial charge in [-0.25, -0.2) is 13.1 Å². The van der Waals surface area contributed by atoms with E-state index in [-0.39, 0.29) is 17.0 Å². The maximum Gasteiger partial charge on any atom is 0.240 e. The number of aromatic amines is 1. The van der Waals surface area contributed by atoms with Gasteiger partial charge in [-0.15, -0.1) is 10.2 Å². The Labute approximate surface area is 122 Å². The van der Waals surface area contributed by atoms with E-state index < -0.39 is 10.0 Å². The molecule has 3 N–H and O–H groups in total. The topological polar surface area (TPSA) is 113 Å². The van der Waals surface area contributed by atoms with Crippen LogP contribution in [0.1, 0.15) is 23.9 Å². The molecular formula is C12H16N6O2S. The van der Waals surface area contributed by atoms with Crippen LogP contribution in [0.2, 0.25) is 0 Å². The molecule has 1 aliphatic rings. The van der Waals surface area contributed by atoms with Crippen molar-refractivity contribution in [2.45, 2.75) is 30.3 Å². The molecule has 0 aliphatic carbocycles. The Morgan fingerprint density at radius 3 is 2.71 bits per heavy atom. The zero-order valence-corrected chi connectivity index (χ0v) is 12.3. The van der Waals surface area contributed by atoms with Crippen LogP contribution < -0.4 is 10.0 Å². The van der Waals surface area contributed by atoms with Crippen molar-refractivity contribution < 1.29 is 8.42 Å². The Bertz CT molecular complexity index is 698. The molecule has 112 valence electrons. The molecule has 21 heavy (non-hydrogen) atoms. The van der Waals surface area contributed by atoms with E-state index in [0.29, 0.717) is 18.8 Å². The molecule has 1 aliphatic heterocycles. The summed E-state index contributed by atoms with van der Waals surface area (Å²) in [6, 6.07) is 6.50. The molecule has 0 amide bonds. The lowest BCUT2D eigenvalue weighted by Gasteiger charge is -2.12. The van der Waals surface area contributed by atoms with E-state index >= 15 is 0 Å². The van der Waals surface area contributed by atoms with E-state index in [1.54, 1.807) is 24.3 Å². The summed E-state index contributed by atoms with van der Waals surface area (Å²) in [5.74, 6) is 0.548. The third-order valence-corrected chi connectivity index (χ3v) is 4.99. The van der Waals surface area contributed by atoms with Crippen molar-refractivity contribution in [3.63, 3.8) is 0 Å². The maximum atomic E-state index is 12.3. The smallest absolute Gasteiger partial charge is 0.240 e. The second-order valence-electron chi connectivity index (χ2n) is 5.10. The van der Waals surface area contributed by atoms with Crippen molar-refractivity contribution >= 4 is 10.0 Å². The van der Waals surface area contributed by atoms with Gasteiger partial charge in [0.2, 0.25) is 10.0 Å². The fourth-order valence-electron chi connectivity index (χ4n) is 2.34. The monoisotopic (exact) mass is 308 g/mol. The van der Waals surface area contributed by atoms with E-state index in [1.807, 2.05) is 6.92 Å². The molecule has 2 aromatic rings. The fraction of sp³-hybridized carbons (Fsp3) is 0.417. The normalized spacial score (nSPS) is 22.5. The van der Waals surface area contributed by atoms with Crippen LogP contribution in [0.3, 0.4) is 0 Å². The molecule has 8 nitrogen and oxygen atoms in total. The number of tetrazole rings is 1. The lowest BCUT2D eigenvalue weighted by atomic mass is 10.2. The van der Waals surface area contributed by atoms with E-state index in [4.69, 9.17) is 0 Å². The average Bonchev–Trinajstić information content (AvgIpc) is 3.09. The highest BCUT2D eigenvalue weighted by Crippen LogP contribution is 2.21. The summed E-state index contributed by atoms with van der Waals surface area (Å²) in [6.45, 7) is 2.45. The van der Waals surface area contributed by atoms with Crippen LogP contribution in [0.25, 0.3) is 0 Å². The number of hydrogen-bond donors (Lipinski definition) is 3. The first kappa shape index (κ1) is 14.1. The van der Waals surface area contributed by atoms with E-state index in [0.717, 1.165) is 5.56 Å². The average molecular weight is 308 g/mol. The minimum atomic E-state index is -3.51. The summed E-state index contributed by atoms with van der Waals surface area (Å²) < 4.78 is 27.3. The largest absolute Gasteiger partial charge is 0.306 e. The number of aryl methyl sites for hydroxylation is 1. The molecule has 2 heterocycles. The van der Waals surface area contributed by atoms with Crippen LogP contribution in [0, 0.1) is 6.92 Å². The van der Waals surface area contributed by atoms with Crippen LogP contribution in [-0.2, 0) is 10.0 Å². The zero-order valence-electron chi connectivity index (χ0n) is 11.4. The summed E-state index contributed by atoms with van der Waals surface area (Å²) >= 11 is 0. The first-order valence-electron chi connectivity index (χ1n) is 6.60. The number of nitrogens with one attached hydrogen (secondary N) is 3. The predicted molar refractivity (Wildman–Crippen MR) is 74.8 cm³/mol. The van der Waals surface area contributed by atoms with Crippen LogP contribution >= 0.6 is 0 Å². The van der Waals surface area contributed by atoms with Gasteiger partial charge in [0.1, 0.15) is 0 Å². The Morgan fingerprint density at radius 1 is 1.29 bits per heavy atom. The van der Waals surface area contributed by atoms with Crippen molar-refractivity contribution in [1.82, 2.24) is 30.7 Å². The molecule has 3 rings (SSSR count). The van der Waals surface area contributed by atoms with E-state index in [2.05, 4.69) is 30.7 Å². The highest BCUT2D eigenvalue weighted by molar-refractivity contribution is 7.89. The highest BCUT2D eigenvalue weighted by atomic mass is 32.2. The molecule has 0 bridgehead atoms. The van der Waals surface area contributed by atoms with Gasteiger partial charge < -0.3 is 5.32 Å². The van der Waals surface area contributed by atoms with Crippen molar-refractivity contribution in [2.75, 3.05) is 6.54 Å². The van der Waals surface area contributed by atoms with E-state index in [9.17, 15) is 8.42 Å². The number of sulfonamides is 1. The van der Waals surface area contributed by atoms with Gasteiger partial charge in [-0.2, -0.15) is 5.21 Å². The molecular weight excluding hydrogens is 292 g/mol. The second kappa shape index (κ2) is 5.51. The standard InChI is InChI=1S/C12H16N6O2S/c1-8-2-4-10(5-3-8)21(19,20)16-9-6-11(13-7-9)12-14-17-18-15-12/h2-5,9,11,13,16H,6-7H2,1H3,(H,14,15,17,18)/t9-,11+/m0/s1. The third-order valence-electron chi connectivity index (χ3n) is 3.46. The number of nitrogens with zero attached hydrogens (tertiary/aromatic N) is 3. The number of rotatable bonds is 4. The molecule has 1 aromatic heterocycles. The Morgan fingerprint density at radius 2 is 2.05 bits per heavy atom. The summed E-state index contributed by atoms with van der Waals surface area (Å²) in [5.41, 5.74) is 1.02. The van der Waals surface area contributed by atoms with Crippen molar-refractivity contribution in [1.29, 1.82) is 0 Å². The number of H-pyrrole nitrogens is 1. The second-order valence-corrected chi connectivity index (χ2v) is 6.81. The van der Waals surface area contributed by atoms with Crippen molar-refractivity contribution in [2.24, 2.45) is 0 Å². The number of hydrogen-bond acceptors (Lipinski definition) is 6. The lowest BCUT2D eigenvalue weighted by molar-refractivity contribution is 0.552. The predicted octanol–water partition coefficient (Wildman–Crippen LogP) is -0.110. The fourth-order valence-corrected chi connectivity index (χ4v) is 3.59. The molecule has 0 radical (unpaired) electrons. The summed E-state index contributed by atoms with van der Waals surface area (Å²) in [7, 11) is -3.51. The number of aromatic nitrogens is 4. The maximum absolute atomic E-state index is 12.3. The van der Waals surface area contributed by atoms with Gasteiger partial charge in [0.25, 0.3) is 0 Å². The van der Waals surface area contributed by atoms with Crippen molar-refractivity contribution in [3.8, 4) is 0 Å². The quantitative estimate of drug-likeness (QED) is 0.726.